The summed E-state index contributed by atoms with van der Waals surface area (Å²) in [7, 11) is 3.41. The van der Waals surface area contributed by atoms with E-state index in [-0.39, 0.29) is 11.9 Å². The molecule has 0 aliphatic carbocycles. The predicted molar refractivity (Wildman–Crippen MR) is 64.2 cm³/mol. The molecule has 0 saturated heterocycles. The van der Waals surface area contributed by atoms with E-state index in [0.29, 0.717) is 11.7 Å². The highest BCUT2D eigenvalue weighted by Crippen LogP contribution is 2.28. The number of halogens is 1. The predicted octanol–water partition coefficient (Wildman–Crippen LogP) is 3.14. The van der Waals surface area contributed by atoms with Crippen molar-refractivity contribution in [3.63, 3.8) is 0 Å². The molecule has 90 valence electrons. The van der Waals surface area contributed by atoms with Crippen molar-refractivity contribution in [3.05, 3.63) is 29.6 Å². The fourth-order valence-electron chi connectivity index (χ4n) is 1.89. The lowest BCUT2D eigenvalue weighted by molar-refractivity contribution is 0.376. The average molecular weight is 225 g/mol. The van der Waals surface area contributed by atoms with Gasteiger partial charge in [-0.15, -0.1) is 0 Å². The van der Waals surface area contributed by atoms with E-state index < -0.39 is 0 Å². The van der Waals surface area contributed by atoms with Gasteiger partial charge in [-0.25, -0.2) is 4.39 Å². The summed E-state index contributed by atoms with van der Waals surface area (Å²) in [5, 5.41) is 3.26. The van der Waals surface area contributed by atoms with Gasteiger partial charge in [0.2, 0.25) is 0 Å². The lowest BCUT2D eigenvalue weighted by Gasteiger charge is -2.23. The van der Waals surface area contributed by atoms with Crippen LogP contribution in [0.1, 0.15) is 31.9 Å². The molecule has 0 bridgehead atoms. The van der Waals surface area contributed by atoms with Crippen molar-refractivity contribution >= 4 is 0 Å². The Balaban J connectivity index is 3.01. The van der Waals surface area contributed by atoms with Crippen LogP contribution in [0.3, 0.4) is 0 Å². The number of nitrogens with one attached hydrogen (secondary N) is 1. The van der Waals surface area contributed by atoms with E-state index in [9.17, 15) is 4.39 Å². The minimum atomic E-state index is -0.315. The molecular formula is C13H20FNO. The van der Waals surface area contributed by atoms with Crippen LogP contribution in [0.15, 0.2) is 18.2 Å². The smallest absolute Gasteiger partial charge is 0.165 e. The van der Waals surface area contributed by atoms with E-state index in [1.807, 2.05) is 13.1 Å². The number of benzene rings is 1. The van der Waals surface area contributed by atoms with Crippen LogP contribution >= 0.6 is 0 Å². The van der Waals surface area contributed by atoms with Gasteiger partial charge in [0, 0.05) is 6.04 Å². The maximum atomic E-state index is 13.3. The summed E-state index contributed by atoms with van der Waals surface area (Å²) in [5.74, 6) is 0.492. The molecule has 0 radical (unpaired) electrons. The minimum Gasteiger partial charge on any atom is -0.494 e. The van der Waals surface area contributed by atoms with Gasteiger partial charge in [-0.05, 0) is 30.7 Å². The molecule has 0 saturated carbocycles. The van der Waals surface area contributed by atoms with E-state index >= 15 is 0 Å². The number of hydrogen-bond acceptors (Lipinski definition) is 2. The van der Waals surface area contributed by atoms with Crippen LogP contribution in [0.2, 0.25) is 0 Å². The van der Waals surface area contributed by atoms with Crippen LogP contribution < -0.4 is 10.1 Å². The Bertz CT molecular complexity index is 341. The third-order valence-electron chi connectivity index (χ3n) is 3.06. The van der Waals surface area contributed by atoms with Gasteiger partial charge in [-0.3, -0.25) is 0 Å². The maximum absolute atomic E-state index is 13.3. The van der Waals surface area contributed by atoms with Crippen LogP contribution in [0.25, 0.3) is 0 Å². The lowest BCUT2D eigenvalue weighted by atomic mass is 9.92. The molecule has 0 heterocycles. The van der Waals surface area contributed by atoms with Crippen molar-refractivity contribution < 1.29 is 9.13 Å². The number of hydrogen-bond donors (Lipinski definition) is 1. The maximum Gasteiger partial charge on any atom is 0.165 e. The van der Waals surface area contributed by atoms with Gasteiger partial charge in [-0.2, -0.15) is 0 Å². The molecule has 1 N–H and O–H groups in total. The molecule has 1 aromatic carbocycles. The Hall–Kier alpha value is -1.09. The summed E-state index contributed by atoms with van der Waals surface area (Å²) < 4.78 is 18.3. The normalized spacial score (nSPS) is 14.6. The van der Waals surface area contributed by atoms with Crippen molar-refractivity contribution in [1.29, 1.82) is 0 Å². The van der Waals surface area contributed by atoms with Crippen molar-refractivity contribution in [2.24, 2.45) is 5.92 Å². The van der Waals surface area contributed by atoms with E-state index in [1.165, 1.54) is 13.2 Å². The molecule has 2 unspecified atom stereocenters. The molecule has 1 rings (SSSR count). The van der Waals surface area contributed by atoms with Crippen LogP contribution in [0.4, 0.5) is 4.39 Å². The highest BCUT2D eigenvalue weighted by atomic mass is 19.1. The van der Waals surface area contributed by atoms with Crippen molar-refractivity contribution in [2.45, 2.75) is 26.3 Å². The number of rotatable bonds is 5. The Kier molecular flexibility index (Phi) is 4.74. The van der Waals surface area contributed by atoms with Gasteiger partial charge < -0.3 is 10.1 Å². The van der Waals surface area contributed by atoms with E-state index in [1.54, 1.807) is 6.07 Å². The Morgan fingerprint density at radius 2 is 2.12 bits per heavy atom. The quantitative estimate of drug-likeness (QED) is 0.831. The van der Waals surface area contributed by atoms with Gasteiger partial charge in [-0.1, -0.05) is 26.3 Å². The fourth-order valence-corrected chi connectivity index (χ4v) is 1.89. The topological polar surface area (TPSA) is 21.3 Å². The van der Waals surface area contributed by atoms with Gasteiger partial charge >= 0.3 is 0 Å². The van der Waals surface area contributed by atoms with Crippen LogP contribution in [0, 0.1) is 11.7 Å². The Morgan fingerprint density at radius 3 is 2.62 bits per heavy atom. The molecule has 0 spiro atoms. The summed E-state index contributed by atoms with van der Waals surface area (Å²) in [6.45, 7) is 4.33. The second-order valence-electron chi connectivity index (χ2n) is 4.05. The summed E-state index contributed by atoms with van der Waals surface area (Å²) in [6, 6.07) is 5.27. The van der Waals surface area contributed by atoms with E-state index in [4.69, 9.17) is 4.74 Å². The first-order valence-electron chi connectivity index (χ1n) is 5.64. The first kappa shape index (κ1) is 13.0. The van der Waals surface area contributed by atoms with Crippen LogP contribution in [-0.2, 0) is 0 Å². The summed E-state index contributed by atoms with van der Waals surface area (Å²) >= 11 is 0. The van der Waals surface area contributed by atoms with E-state index in [2.05, 4.69) is 19.2 Å². The SMILES string of the molecule is CCC(C)C(NC)c1ccc(F)c(OC)c1. The third kappa shape index (κ3) is 2.73. The summed E-state index contributed by atoms with van der Waals surface area (Å²) in [4.78, 5) is 0. The van der Waals surface area contributed by atoms with Crippen molar-refractivity contribution in [1.82, 2.24) is 5.32 Å². The van der Waals surface area contributed by atoms with Gasteiger partial charge in [0.25, 0.3) is 0 Å². The number of methoxy groups -OCH3 is 1. The molecule has 0 aliphatic heterocycles. The third-order valence-corrected chi connectivity index (χ3v) is 3.06. The first-order valence-corrected chi connectivity index (χ1v) is 5.64. The molecule has 3 heteroatoms. The van der Waals surface area contributed by atoms with Gasteiger partial charge in [0.15, 0.2) is 11.6 Å². The fraction of sp³-hybridized carbons (Fsp3) is 0.538. The monoisotopic (exact) mass is 225 g/mol. The highest BCUT2D eigenvalue weighted by Gasteiger charge is 2.17. The van der Waals surface area contributed by atoms with Crippen LogP contribution in [-0.4, -0.2) is 14.2 Å². The molecule has 0 fully saturated rings. The first-order chi connectivity index (χ1) is 7.63. The second-order valence-corrected chi connectivity index (χ2v) is 4.05. The summed E-state index contributed by atoms with van der Waals surface area (Å²) in [6.07, 6.45) is 1.07. The standard InChI is InChI=1S/C13H20FNO/c1-5-9(2)13(15-3)10-6-7-11(14)12(8-10)16-4/h6-9,13,15H,5H2,1-4H3. The highest BCUT2D eigenvalue weighted by molar-refractivity contribution is 5.32. The van der Waals surface area contributed by atoms with Gasteiger partial charge in [0.05, 0.1) is 7.11 Å². The molecule has 16 heavy (non-hydrogen) atoms. The van der Waals surface area contributed by atoms with E-state index in [0.717, 1.165) is 12.0 Å². The van der Waals surface area contributed by atoms with Crippen LogP contribution in [0.5, 0.6) is 5.75 Å². The molecular weight excluding hydrogens is 205 g/mol. The van der Waals surface area contributed by atoms with Crippen molar-refractivity contribution in [3.8, 4) is 5.75 Å². The molecule has 0 aliphatic rings. The largest absolute Gasteiger partial charge is 0.494 e. The molecule has 2 nitrogen and oxygen atoms in total. The molecule has 0 aromatic heterocycles. The average Bonchev–Trinajstić information content (AvgIpc) is 2.31. The Labute approximate surface area is 96.8 Å². The van der Waals surface area contributed by atoms with Gasteiger partial charge in [0.1, 0.15) is 0 Å². The summed E-state index contributed by atoms with van der Waals surface area (Å²) in [5.41, 5.74) is 1.06. The lowest BCUT2D eigenvalue weighted by Crippen LogP contribution is -2.23. The molecule has 1 aromatic rings. The second kappa shape index (κ2) is 5.85. The van der Waals surface area contributed by atoms with Crippen molar-refractivity contribution in [2.75, 3.05) is 14.2 Å². The zero-order valence-corrected chi connectivity index (χ0v) is 10.4. The zero-order valence-electron chi connectivity index (χ0n) is 10.4. The molecule has 2 atom stereocenters. The zero-order chi connectivity index (χ0) is 12.1. The minimum absolute atomic E-state index is 0.236. The number of ether oxygens (including phenoxy) is 1. The Morgan fingerprint density at radius 1 is 1.44 bits per heavy atom. The molecule has 0 amide bonds.